The molecular weight excluding hydrogens is 354 g/mol. The number of ether oxygens (including phenoxy) is 1. The number of nitrogens with one attached hydrogen (secondary N) is 1. The molecule has 0 saturated carbocycles. The third-order valence-corrected chi connectivity index (χ3v) is 3.66. The Bertz CT molecular complexity index is 777. The molecule has 1 aromatic heterocycles. The molecule has 1 atom stereocenters. The van der Waals surface area contributed by atoms with Gasteiger partial charge in [0.05, 0.1) is 12.5 Å². The van der Waals surface area contributed by atoms with Gasteiger partial charge in [0.15, 0.2) is 11.6 Å². The van der Waals surface area contributed by atoms with E-state index in [1.807, 2.05) is 30.3 Å². The quantitative estimate of drug-likeness (QED) is 0.627. The molecule has 0 bridgehead atoms. The van der Waals surface area contributed by atoms with Crippen LogP contribution in [0.15, 0.2) is 30.3 Å². The van der Waals surface area contributed by atoms with E-state index < -0.39 is 18.1 Å². The number of Topliss-reactive ketones (excluding diaryl/α,β-unsaturated/α-hetero) is 1. The van der Waals surface area contributed by atoms with E-state index in [9.17, 15) is 14.4 Å². The highest BCUT2D eigenvalue weighted by molar-refractivity contribution is 5.87. The smallest absolute Gasteiger partial charge is 0.408 e. The van der Waals surface area contributed by atoms with Crippen molar-refractivity contribution in [2.45, 2.75) is 45.4 Å². The molecule has 0 saturated heterocycles. The Hall–Kier alpha value is -3.30. The maximum atomic E-state index is 12.3. The molecule has 10 nitrogen and oxygen atoms in total. The number of nitrogens with zero attached hydrogens (tertiary/aromatic N) is 4. The van der Waals surface area contributed by atoms with Gasteiger partial charge in [-0.15, -0.1) is 10.2 Å². The summed E-state index contributed by atoms with van der Waals surface area (Å²) >= 11 is 0. The topological polar surface area (TPSA) is 136 Å². The summed E-state index contributed by atoms with van der Waals surface area (Å²) in [7, 11) is 0. The molecule has 0 aliphatic heterocycles. The van der Waals surface area contributed by atoms with Crippen molar-refractivity contribution in [3.63, 3.8) is 0 Å². The second kappa shape index (κ2) is 10.00. The predicted molar refractivity (Wildman–Crippen MR) is 92.6 cm³/mol. The molecule has 2 N–H and O–H groups in total. The van der Waals surface area contributed by atoms with Crippen LogP contribution in [0.25, 0.3) is 0 Å². The van der Waals surface area contributed by atoms with Crippen LogP contribution >= 0.6 is 0 Å². The number of aryl methyl sites for hydroxylation is 1. The highest BCUT2D eigenvalue weighted by Gasteiger charge is 2.21. The summed E-state index contributed by atoms with van der Waals surface area (Å²) in [5, 5.41) is 22.6. The van der Waals surface area contributed by atoms with Crippen LogP contribution in [0.3, 0.4) is 0 Å². The zero-order chi connectivity index (χ0) is 19.6. The minimum Gasteiger partial charge on any atom is -0.481 e. The number of carboxylic acid groups (broad SMARTS) is 1. The van der Waals surface area contributed by atoms with Crippen LogP contribution in [0, 0.1) is 0 Å². The predicted octanol–water partition coefficient (Wildman–Crippen LogP) is 0.964. The Kier molecular flexibility index (Phi) is 7.41. The minimum atomic E-state index is -0.966. The van der Waals surface area contributed by atoms with Gasteiger partial charge in [0.25, 0.3) is 0 Å². The van der Waals surface area contributed by atoms with Gasteiger partial charge in [-0.05, 0) is 17.2 Å². The molecule has 0 radical (unpaired) electrons. The van der Waals surface area contributed by atoms with Crippen molar-refractivity contribution in [1.82, 2.24) is 25.5 Å². The summed E-state index contributed by atoms with van der Waals surface area (Å²) in [4.78, 5) is 35.9. The molecule has 1 unspecified atom stereocenters. The number of aromatic nitrogens is 4. The lowest BCUT2D eigenvalue weighted by Crippen LogP contribution is -2.42. The van der Waals surface area contributed by atoms with Crippen molar-refractivity contribution in [2.24, 2.45) is 0 Å². The van der Waals surface area contributed by atoms with Gasteiger partial charge in [0.2, 0.25) is 0 Å². The van der Waals surface area contributed by atoms with Crippen LogP contribution < -0.4 is 5.32 Å². The fraction of sp³-hybridized carbons (Fsp3) is 0.412. The highest BCUT2D eigenvalue weighted by atomic mass is 16.5. The number of amides is 1. The number of hydrogen-bond acceptors (Lipinski definition) is 7. The van der Waals surface area contributed by atoms with Crippen LogP contribution in [-0.2, 0) is 33.9 Å². The molecule has 2 aromatic rings. The average Bonchev–Trinajstić information content (AvgIpc) is 3.10. The Morgan fingerprint density at radius 1 is 1.26 bits per heavy atom. The van der Waals surface area contributed by atoms with E-state index in [-0.39, 0.29) is 37.6 Å². The van der Waals surface area contributed by atoms with Gasteiger partial charge in [-0.1, -0.05) is 37.3 Å². The molecule has 1 aromatic carbocycles. The number of carbonyl (C=O) groups is 3. The largest absolute Gasteiger partial charge is 0.481 e. The van der Waals surface area contributed by atoms with Crippen molar-refractivity contribution >= 4 is 17.8 Å². The molecule has 1 amide bonds. The summed E-state index contributed by atoms with van der Waals surface area (Å²) in [6, 6.07) is 8.44. The van der Waals surface area contributed by atoms with Crippen LogP contribution in [-0.4, -0.2) is 49.2 Å². The van der Waals surface area contributed by atoms with E-state index in [1.165, 1.54) is 0 Å². The summed E-state index contributed by atoms with van der Waals surface area (Å²) in [5.74, 6) is -1.03. The zero-order valence-corrected chi connectivity index (χ0v) is 14.9. The number of ketones is 1. The van der Waals surface area contributed by atoms with Gasteiger partial charge in [0, 0.05) is 6.42 Å². The number of benzene rings is 1. The monoisotopic (exact) mass is 375 g/mol. The third-order valence-electron chi connectivity index (χ3n) is 3.66. The zero-order valence-electron chi connectivity index (χ0n) is 14.9. The lowest BCUT2D eigenvalue weighted by molar-refractivity contribution is -0.137. The molecule has 0 fully saturated rings. The number of aliphatic carboxylic acids is 1. The molecule has 10 heteroatoms. The molecule has 0 aliphatic rings. The normalized spacial score (nSPS) is 11.6. The van der Waals surface area contributed by atoms with Gasteiger partial charge in [-0.2, -0.15) is 4.80 Å². The summed E-state index contributed by atoms with van der Waals surface area (Å²) in [6.07, 6.45) is -0.302. The molecule has 27 heavy (non-hydrogen) atoms. The fourth-order valence-electron chi connectivity index (χ4n) is 2.23. The van der Waals surface area contributed by atoms with E-state index in [0.29, 0.717) is 6.42 Å². The highest BCUT2D eigenvalue weighted by Crippen LogP contribution is 2.02. The van der Waals surface area contributed by atoms with Gasteiger partial charge in [-0.25, -0.2) is 4.79 Å². The lowest BCUT2D eigenvalue weighted by atomic mass is 10.1. The van der Waals surface area contributed by atoms with Crippen molar-refractivity contribution in [3.05, 3.63) is 41.7 Å². The van der Waals surface area contributed by atoms with E-state index >= 15 is 0 Å². The van der Waals surface area contributed by atoms with Crippen LogP contribution in [0.2, 0.25) is 0 Å². The maximum Gasteiger partial charge on any atom is 0.408 e. The van der Waals surface area contributed by atoms with Gasteiger partial charge in [-0.3, -0.25) is 9.59 Å². The van der Waals surface area contributed by atoms with Crippen molar-refractivity contribution in [2.75, 3.05) is 0 Å². The van der Waals surface area contributed by atoms with Crippen LogP contribution in [0.1, 0.15) is 31.2 Å². The average molecular weight is 375 g/mol. The standard InChI is InChI=1S/C17H21N5O5/c1-2-13(18-17(26)27-11-12-6-4-3-5-7-12)14(23)10-22-20-15(19-21-22)8-9-16(24)25/h3-7,13H,2,8-11H2,1H3,(H,18,26)(H,24,25). The first-order valence-electron chi connectivity index (χ1n) is 8.46. The van der Waals surface area contributed by atoms with Crippen molar-refractivity contribution in [3.8, 4) is 0 Å². The molecule has 2 rings (SSSR count). The SMILES string of the molecule is CCC(NC(=O)OCc1ccccc1)C(=O)Cn1nnc(CCC(=O)O)n1. The molecule has 0 aliphatic carbocycles. The van der Waals surface area contributed by atoms with Crippen molar-refractivity contribution in [1.29, 1.82) is 0 Å². The Morgan fingerprint density at radius 2 is 2.00 bits per heavy atom. The van der Waals surface area contributed by atoms with Crippen LogP contribution in [0.4, 0.5) is 4.79 Å². The van der Waals surface area contributed by atoms with Gasteiger partial charge >= 0.3 is 12.1 Å². The summed E-state index contributed by atoms with van der Waals surface area (Å²) in [5.41, 5.74) is 0.840. The van der Waals surface area contributed by atoms with Gasteiger partial charge < -0.3 is 15.2 Å². The number of carboxylic acids is 1. The van der Waals surface area contributed by atoms with E-state index in [4.69, 9.17) is 9.84 Å². The molecule has 144 valence electrons. The number of carbonyl (C=O) groups excluding carboxylic acids is 2. The molecular formula is C17H21N5O5. The van der Waals surface area contributed by atoms with Gasteiger partial charge in [0.1, 0.15) is 13.2 Å². The summed E-state index contributed by atoms with van der Waals surface area (Å²) in [6.45, 7) is 1.68. The number of tetrazole rings is 1. The number of alkyl carbamates (subject to hydrolysis) is 1. The first kappa shape index (κ1) is 20.0. The third kappa shape index (κ3) is 6.84. The lowest BCUT2D eigenvalue weighted by Gasteiger charge is -2.15. The Morgan fingerprint density at radius 3 is 2.67 bits per heavy atom. The Balaban J connectivity index is 1.82. The second-order valence-corrected chi connectivity index (χ2v) is 5.76. The molecule has 0 spiro atoms. The van der Waals surface area contributed by atoms with E-state index in [0.717, 1.165) is 10.4 Å². The van der Waals surface area contributed by atoms with E-state index in [1.54, 1.807) is 6.92 Å². The fourth-order valence-corrected chi connectivity index (χ4v) is 2.23. The summed E-state index contributed by atoms with van der Waals surface area (Å²) < 4.78 is 5.11. The first-order valence-corrected chi connectivity index (χ1v) is 8.46. The minimum absolute atomic E-state index is 0.106. The van der Waals surface area contributed by atoms with E-state index in [2.05, 4.69) is 20.7 Å². The van der Waals surface area contributed by atoms with Crippen LogP contribution in [0.5, 0.6) is 0 Å². The maximum absolute atomic E-state index is 12.3. The van der Waals surface area contributed by atoms with Crippen molar-refractivity contribution < 1.29 is 24.2 Å². The second-order valence-electron chi connectivity index (χ2n) is 5.76. The molecule has 1 heterocycles. The first-order chi connectivity index (χ1) is 13.0. The number of hydrogen-bond donors (Lipinski definition) is 2. The Labute approximate surface area is 155 Å². The number of rotatable bonds is 10.